The molecule has 4 nitrogen and oxygen atoms in total. The number of hydrogen-bond donors (Lipinski definition) is 0. The minimum absolute atomic E-state index is 0.0247. The third kappa shape index (κ3) is 5.35. The molecule has 0 spiro atoms. The second kappa shape index (κ2) is 8.45. The molecule has 0 heterocycles. The molecule has 2 aromatic carbocycles. The summed E-state index contributed by atoms with van der Waals surface area (Å²) in [6.45, 7) is -0.0247. The van der Waals surface area contributed by atoms with E-state index in [0.29, 0.717) is 11.3 Å². The van der Waals surface area contributed by atoms with E-state index < -0.39 is 0 Å². The maximum absolute atomic E-state index is 12.2. The standard InChI is InChI=1S/C19H18BrNO3/c1-21(2)19(23)13-24-17-9-7-15(8-10-17)18(22)11-6-14-4-3-5-16(20)12-14/h3-12H,13H2,1-2H3/b11-6+. The predicted octanol–water partition coefficient (Wildman–Crippen LogP) is 3.81. The third-order valence-corrected chi connectivity index (χ3v) is 3.77. The summed E-state index contributed by atoms with van der Waals surface area (Å²) in [7, 11) is 3.34. The summed E-state index contributed by atoms with van der Waals surface area (Å²) < 4.78 is 6.34. The van der Waals surface area contributed by atoms with Crippen molar-refractivity contribution in [3.05, 3.63) is 70.2 Å². The summed E-state index contributed by atoms with van der Waals surface area (Å²) in [4.78, 5) is 25.1. The number of likely N-dealkylation sites (N-methyl/N-ethyl adjacent to an activating group) is 1. The van der Waals surface area contributed by atoms with Crippen LogP contribution in [0.25, 0.3) is 6.08 Å². The average Bonchev–Trinajstić information content (AvgIpc) is 2.58. The molecule has 2 rings (SSSR count). The second-order valence-corrected chi connectivity index (χ2v) is 6.27. The Morgan fingerprint density at radius 3 is 2.46 bits per heavy atom. The summed E-state index contributed by atoms with van der Waals surface area (Å²) in [5.74, 6) is 0.343. The summed E-state index contributed by atoms with van der Waals surface area (Å²) in [5, 5.41) is 0. The number of carbonyl (C=O) groups excluding carboxylic acids is 2. The summed E-state index contributed by atoms with van der Waals surface area (Å²) in [6.07, 6.45) is 3.31. The fourth-order valence-electron chi connectivity index (χ4n) is 1.87. The number of ether oxygens (including phenoxy) is 1. The molecule has 24 heavy (non-hydrogen) atoms. The van der Waals surface area contributed by atoms with E-state index in [1.54, 1.807) is 44.4 Å². The Morgan fingerprint density at radius 1 is 1.12 bits per heavy atom. The lowest BCUT2D eigenvalue weighted by atomic mass is 10.1. The second-order valence-electron chi connectivity index (χ2n) is 5.35. The van der Waals surface area contributed by atoms with Gasteiger partial charge in [0.1, 0.15) is 5.75 Å². The van der Waals surface area contributed by atoms with Crippen LogP contribution in [0.1, 0.15) is 15.9 Å². The molecule has 1 amide bonds. The van der Waals surface area contributed by atoms with Crippen LogP contribution in [0.3, 0.4) is 0 Å². The Hall–Kier alpha value is -2.40. The van der Waals surface area contributed by atoms with Gasteiger partial charge in [-0.15, -0.1) is 0 Å². The minimum atomic E-state index is -0.118. The molecule has 0 N–H and O–H groups in total. The van der Waals surface area contributed by atoms with Crippen LogP contribution in [-0.4, -0.2) is 37.3 Å². The van der Waals surface area contributed by atoms with Crippen molar-refractivity contribution >= 4 is 33.7 Å². The van der Waals surface area contributed by atoms with Gasteiger partial charge >= 0.3 is 0 Å². The lowest BCUT2D eigenvalue weighted by Gasteiger charge is -2.11. The Kier molecular flexibility index (Phi) is 6.32. The van der Waals surface area contributed by atoms with Crippen molar-refractivity contribution in [2.24, 2.45) is 0 Å². The first kappa shape index (κ1) is 17.9. The van der Waals surface area contributed by atoms with Crippen LogP contribution in [0.4, 0.5) is 0 Å². The van der Waals surface area contributed by atoms with Gasteiger partial charge in [0.15, 0.2) is 12.4 Å². The van der Waals surface area contributed by atoms with Gasteiger partial charge in [0.05, 0.1) is 0 Å². The fraction of sp³-hybridized carbons (Fsp3) is 0.158. The number of halogens is 1. The highest BCUT2D eigenvalue weighted by Crippen LogP contribution is 2.15. The van der Waals surface area contributed by atoms with Gasteiger partial charge in [-0.2, -0.15) is 0 Å². The lowest BCUT2D eigenvalue weighted by molar-refractivity contribution is -0.130. The summed E-state index contributed by atoms with van der Waals surface area (Å²) in [6, 6.07) is 14.4. The van der Waals surface area contributed by atoms with Crippen LogP contribution in [-0.2, 0) is 4.79 Å². The number of rotatable bonds is 6. The van der Waals surface area contributed by atoms with Crippen LogP contribution in [0.5, 0.6) is 5.75 Å². The molecule has 0 aliphatic rings. The molecule has 0 bridgehead atoms. The number of hydrogen-bond acceptors (Lipinski definition) is 3. The van der Waals surface area contributed by atoms with Gasteiger partial charge < -0.3 is 9.64 Å². The van der Waals surface area contributed by atoms with Gasteiger partial charge in [0, 0.05) is 24.1 Å². The van der Waals surface area contributed by atoms with E-state index in [0.717, 1.165) is 10.0 Å². The van der Waals surface area contributed by atoms with Crippen LogP contribution >= 0.6 is 15.9 Å². The quantitative estimate of drug-likeness (QED) is 0.559. The third-order valence-electron chi connectivity index (χ3n) is 3.28. The van der Waals surface area contributed by atoms with E-state index in [1.807, 2.05) is 24.3 Å². The molecular weight excluding hydrogens is 370 g/mol. The molecule has 0 aliphatic heterocycles. The van der Waals surface area contributed by atoms with Gasteiger partial charge in [0.25, 0.3) is 5.91 Å². The van der Waals surface area contributed by atoms with Crippen LogP contribution < -0.4 is 4.74 Å². The molecule has 5 heteroatoms. The molecule has 0 aromatic heterocycles. The van der Waals surface area contributed by atoms with Gasteiger partial charge in [0.2, 0.25) is 0 Å². The largest absolute Gasteiger partial charge is 0.484 e. The zero-order chi connectivity index (χ0) is 17.5. The highest BCUT2D eigenvalue weighted by molar-refractivity contribution is 9.10. The number of ketones is 1. The van der Waals surface area contributed by atoms with E-state index in [1.165, 1.54) is 11.0 Å². The van der Waals surface area contributed by atoms with Crippen molar-refractivity contribution in [3.63, 3.8) is 0 Å². The minimum Gasteiger partial charge on any atom is -0.484 e. The Labute approximate surface area is 149 Å². The van der Waals surface area contributed by atoms with Crippen molar-refractivity contribution in [1.29, 1.82) is 0 Å². The fourth-order valence-corrected chi connectivity index (χ4v) is 2.28. The number of allylic oxidation sites excluding steroid dienone is 1. The summed E-state index contributed by atoms with van der Waals surface area (Å²) >= 11 is 3.40. The van der Waals surface area contributed by atoms with E-state index in [9.17, 15) is 9.59 Å². The van der Waals surface area contributed by atoms with E-state index in [-0.39, 0.29) is 18.3 Å². The van der Waals surface area contributed by atoms with Gasteiger partial charge in [-0.3, -0.25) is 9.59 Å². The average molecular weight is 388 g/mol. The maximum Gasteiger partial charge on any atom is 0.259 e. The zero-order valence-electron chi connectivity index (χ0n) is 13.5. The number of nitrogens with zero attached hydrogens (tertiary/aromatic N) is 1. The maximum atomic E-state index is 12.2. The molecule has 0 atom stereocenters. The van der Waals surface area contributed by atoms with Crippen molar-refractivity contribution < 1.29 is 14.3 Å². The monoisotopic (exact) mass is 387 g/mol. The first-order valence-electron chi connectivity index (χ1n) is 7.37. The summed E-state index contributed by atoms with van der Waals surface area (Å²) in [5.41, 5.74) is 1.51. The van der Waals surface area contributed by atoms with E-state index in [2.05, 4.69) is 15.9 Å². The van der Waals surface area contributed by atoms with Crippen molar-refractivity contribution in [2.75, 3.05) is 20.7 Å². The molecular formula is C19H18BrNO3. The van der Waals surface area contributed by atoms with Gasteiger partial charge in [-0.05, 0) is 48.0 Å². The molecule has 0 saturated carbocycles. The zero-order valence-corrected chi connectivity index (χ0v) is 15.1. The predicted molar refractivity (Wildman–Crippen MR) is 98.1 cm³/mol. The number of carbonyl (C=O) groups is 2. The molecule has 0 saturated heterocycles. The molecule has 0 unspecified atom stereocenters. The highest BCUT2D eigenvalue weighted by atomic mass is 79.9. The first-order valence-corrected chi connectivity index (χ1v) is 8.16. The van der Waals surface area contributed by atoms with Crippen molar-refractivity contribution in [3.8, 4) is 5.75 Å². The topological polar surface area (TPSA) is 46.6 Å². The van der Waals surface area contributed by atoms with Crippen molar-refractivity contribution in [1.82, 2.24) is 4.90 Å². The Balaban J connectivity index is 1.97. The normalized spacial score (nSPS) is 10.6. The Bertz CT molecular complexity index is 751. The van der Waals surface area contributed by atoms with Crippen LogP contribution in [0, 0.1) is 0 Å². The van der Waals surface area contributed by atoms with Crippen molar-refractivity contribution in [2.45, 2.75) is 0 Å². The SMILES string of the molecule is CN(C)C(=O)COc1ccc(C(=O)/C=C/c2cccc(Br)c2)cc1. The van der Waals surface area contributed by atoms with Crippen LogP contribution in [0.15, 0.2) is 59.1 Å². The van der Waals surface area contributed by atoms with Crippen LogP contribution in [0.2, 0.25) is 0 Å². The first-order chi connectivity index (χ1) is 11.5. The smallest absolute Gasteiger partial charge is 0.259 e. The molecule has 124 valence electrons. The van der Waals surface area contributed by atoms with E-state index in [4.69, 9.17) is 4.74 Å². The molecule has 0 fully saturated rings. The number of amides is 1. The van der Waals surface area contributed by atoms with Gasteiger partial charge in [-0.1, -0.05) is 34.1 Å². The van der Waals surface area contributed by atoms with Gasteiger partial charge in [-0.25, -0.2) is 0 Å². The Morgan fingerprint density at radius 2 is 1.83 bits per heavy atom. The molecule has 0 aliphatic carbocycles. The lowest BCUT2D eigenvalue weighted by Crippen LogP contribution is -2.27. The highest BCUT2D eigenvalue weighted by Gasteiger charge is 2.06. The van der Waals surface area contributed by atoms with E-state index >= 15 is 0 Å². The molecule has 0 radical (unpaired) electrons. The molecule has 2 aromatic rings. The number of benzene rings is 2.